The number of amides is 2. The lowest BCUT2D eigenvalue weighted by Crippen LogP contribution is -2.24. The van der Waals surface area contributed by atoms with Crippen LogP contribution in [-0.2, 0) is 4.79 Å². The van der Waals surface area contributed by atoms with Crippen molar-refractivity contribution < 1.29 is 14.3 Å². The van der Waals surface area contributed by atoms with Gasteiger partial charge >= 0.3 is 0 Å². The molecule has 2 amide bonds. The van der Waals surface area contributed by atoms with Crippen molar-refractivity contribution in [1.29, 1.82) is 0 Å². The first-order valence-corrected chi connectivity index (χ1v) is 10.1. The monoisotopic (exact) mass is 397 g/mol. The Morgan fingerprint density at radius 1 is 0.966 bits per heavy atom. The summed E-state index contributed by atoms with van der Waals surface area (Å²) >= 11 is 0. The Kier molecular flexibility index (Phi) is 9.02. The van der Waals surface area contributed by atoms with Gasteiger partial charge in [0.25, 0.3) is 5.91 Å². The first-order chi connectivity index (χ1) is 14.0. The first kappa shape index (κ1) is 22.3. The molecule has 0 saturated heterocycles. The van der Waals surface area contributed by atoms with E-state index >= 15 is 0 Å². The van der Waals surface area contributed by atoms with Crippen molar-refractivity contribution in [2.45, 2.75) is 33.6 Å². The van der Waals surface area contributed by atoms with Crippen molar-refractivity contribution in [2.24, 2.45) is 5.92 Å². The van der Waals surface area contributed by atoms with Crippen molar-refractivity contribution in [2.75, 3.05) is 30.3 Å². The average Bonchev–Trinajstić information content (AvgIpc) is 2.72. The second kappa shape index (κ2) is 11.7. The number of carbonyl (C=O) groups excluding carboxylic acids is 2. The minimum atomic E-state index is -0.162. The largest absolute Gasteiger partial charge is 0.493 e. The molecule has 0 spiro atoms. The maximum absolute atomic E-state index is 12.1. The Morgan fingerprint density at radius 2 is 1.62 bits per heavy atom. The van der Waals surface area contributed by atoms with Crippen LogP contribution in [0.15, 0.2) is 48.5 Å². The van der Waals surface area contributed by atoms with Crippen LogP contribution < -0.4 is 20.7 Å². The molecule has 0 aliphatic carbocycles. The Bertz CT molecular complexity index is 771. The van der Waals surface area contributed by atoms with E-state index in [2.05, 4.69) is 36.7 Å². The van der Waals surface area contributed by atoms with Gasteiger partial charge in [0.1, 0.15) is 5.75 Å². The van der Waals surface area contributed by atoms with Crippen LogP contribution >= 0.6 is 0 Å². The van der Waals surface area contributed by atoms with Gasteiger partial charge < -0.3 is 20.7 Å². The van der Waals surface area contributed by atoms with Gasteiger partial charge in [-0.2, -0.15) is 0 Å². The zero-order valence-corrected chi connectivity index (χ0v) is 17.5. The molecule has 2 aromatic carbocycles. The van der Waals surface area contributed by atoms with Gasteiger partial charge in [0.2, 0.25) is 5.91 Å². The summed E-state index contributed by atoms with van der Waals surface area (Å²) in [7, 11) is 0. The summed E-state index contributed by atoms with van der Waals surface area (Å²) in [6.45, 7) is 7.77. The third-order valence-electron chi connectivity index (χ3n) is 4.14. The molecule has 29 heavy (non-hydrogen) atoms. The molecular weight excluding hydrogens is 366 g/mol. The Morgan fingerprint density at radius 3 is 2.24 bits per heavy atom. The van der Waals surface area contributed by atoms with Crippen molar-refractivity contribution in [3.8, 4) is 5.75 Å². The zero-order valence-electron chi connectivity index (χ0n) is 17.5. The number of nitrogens with one attached hydrogen (secondary N) is 3. The van der Waals surface area contributed by atoms with Crippen LogP contribution in [0.2, 0.25) is 0 Å². The number of unbranched alkanes of at least 4 members (excludes halogenated alkanes) is 1. The maximum Gasteiger partial charge on any atom is 0.251 e. The molecule has 0 aliphatic rings. The van der Waals surface area contributed by atoms with E-state index < -0.39 is 0 Å². The topological polar surface area (TPSA) is 79.5 Å². The van der Waals surface area contributed by atoms with Gasteiger partial charge in [-0.25, -0.2) is 0 Å². The van der Waals surface area contributed by atoms with Crippen LogP contribution in [0.25, 0.3) is 0 Å². The number of hydrogen-bond acceptors (Lipinski definition) is 4. The smallest absolute Gasteiger partial charge is 0.251 e. The molecule has 0 heterocycles. The molecule has 3 N–H and O–H groups in total. The van der Waals surface area contributed by atoms with E-state index in [0.29, 0.717) is 30.3 Å². The molecule has 0 atom stereocenters. The van der Waals surface area contributed by atoms with Gasteiger partial charge in [-0.15, -0.1) is 0 Å². The van der Waals surface area contributed by atoms with E-state index in [0.717, 1.165) is 24.3 Å². The summed E-state index contributed by atoms with van der Waals surface area (Å²) in [5.41, 5.74) is 2.08. The summed E-state index contributed by atoms with van der Waals surface area (Å²) in [4.78, 5) is 24.1. The summed E-state index contributed by atoms with van der Waals surface area (Å²) in [5.74, 6) is 1.03. The van der Waals surface area contributed by atoms with Crippen LogP contribution in [0.4, 0.5) is 11.4 Å². The number of benzene rings is 2. The van der Waals surface area contributed by atoms with Gasteiger partial charge in [-0.05, 0) is 60.9 Å². The number of hydrogen-bond donors (Lipinski definition) is 3. The summed E-state index contributed by atoms with van der Waals surface area (Å²) in [6.07, 6.45) is 2.00. The molecule has 0 saturated carbocycles. The van der Waals surface area contributed by atoms with Crippen LogP contribution in [0.5, 0.6) is 5.75 Å². The Labute approximate surface area is 173 Å². The molecule has 2 aromatic rings. The highest BCUT2D eigenvalue weighted by Crippen LogP contribution is 2.16. The van der Waals surface area contributed by atoms with Crippen LogP contribution in [0.1, 0.15) is 44.0 Å². The fraction of sp³-hybridized carbons (Fsp3) is 0.391. The third kappa shape index (κ3) is 8.25. The zero-order chi connectivity index (χ0) is 21.1. The van der Waals surface area contributed by atoms with Crippen LogP contribution in [0.3, 0.4) is 0 Å². The number of carbonyl (C=O) groups is 2. The average molecular weight is 398 g/mol. The minimum absolute atomic E-state index is 0.0983. The van der Waals surface area contributed by atoms with Crippen molar-refractivity contribution >= 4 is 23.2 Å². The molecule has 6 heteroatoms. The van der Waals surface area contributed by atoms with E-state index in [1.807, 2.05) is 24.3 Å². The predicted octanol–water partition coefficient (Wildman–Crippen LogP) is 4.30. The van der Waals surface area contributed by atoms with Gasteiger partial charge in [0.15, 0.2) is 0 Å². The molecule has 0 fully saturated rings. The van der Waals surface area contributed by atoms with Crippen molar-refractivity contribution in [3.63, 3.8) is 0 Å². The number of rotatable bonds is 11. The number of ether oxygens (including phenoxy) is 1. The van der Waals surface area contributed by atoms with Crippen molar-refractivity contribution in [3.05, 3.63) is 54.1 Å². The summed E-state index contributed by atoms with van der Waals surface area (Å²) < 4.78 is 5.65. The fourth-order valence-corrected chi connectivity index (χ4v) is 2.51. The highest BCUT2D eigenvalue weighted by atomic mass is 16.5. The fourth-order valence-electron chi connectivity index (χ4n) is 2.51. The van der Waals surface area contributed by atoms with Crippen LogP contribution in [0, 0.1) is 5.92 Å². The molecule has 0 bridgehead atoms. The molecule has 0 unspecified atom stereocenters. The van der Waals surface area contributed by atoms with Gasteiger partial charge in [0.05, 0.1) is 13.2 Å². The highest BCUT2D eigenvalue weighted by Gasteiger charge is 2.06. The Balaban J connectivity index is 1.76. The maximum atomic E-state index is 12.1. The van der Waals surface area contributed by atoms with Gasteiger partial charge in [0, 0.05) is 23.5 Å². The lowest BCUT2D eigenvalue weighted by molar-refractivity contribution is -0.114. The molecule has 6 nitrogen and oxygen atoms in total. The molecule has 0 aliphatic heterocycles. The first-order valence-electron chi connectivity index (χ1n) is 10.1. The van der Waals surface area contributed by atoms with E-state index in [1.165, 1.54) is 0 Å². The Hall–Kier alpha value is -3.02. The second-order valence-corrected chi connectivity index (χ2v) is 7.32. The molecule has 0 aromatic heterocycles. The quantitative estimate of drug-likeness (QED) is 0.494. The second-order valence-electron chi connectivity index (χ2n) is 7.32. The standard InChI is InChI=1S/C23H31N3O3/c1-4-5-14-24-23(28)18-6-8-20(9-7-18)26-22(27)15-25-19-10-12-21(13-11-19)29-16-17(2)3/h6-13,17,25H,4-5,14-16H2,1-3H3,(H,24,28)(H,26,27). The lowest BCUT2D eigenvalue weighted by atomic mass is 10.2. The third-order valence-corrected chi connectivity index (χ3v) is 4.14. The van der Waals surface area contributed by atoms with E-state index in [1.54, 1.807) is 24.3 Å². The lowest BCUT2D eigenvalue weighted by Gasteiger charge is -2.11. The van der Waals surface area contributed by atoms with E-state index in [4.69, 9.17) is 4.74 Å². The summed E-state index contributed by atoms with van der Waals surface area (Å²) in [5, 5.41) is 8.77. The molecule has 2 rings (SSSR count). The van der Waals surface area contributed by atoms with E-state index in [-0.39, 0.29) is 18.4 Å². The highest BCUT2D eigenvalue weighted by molar-refractivity contribution is 5.96. The van der Waals surface area contributed by atoms with Crippen LogP contribution in [-0.4, -0.2) is 31.5 Å². The number of anilines is 2. The SMILES string of the molecule is CCCCNC(=O)c1ccc(NC(=O)CNc2ccc(OCC(C)C)cc2)cc1. The molecular formula is C23H31N3O3. The molecule has 0 radical (unpaired) electrons. The van der Waals surface area contributed by atoms with Gasteiger partial charge in [-0.1, -0.05) is 27.2 Å². The summed E-state index contributed by atoms with van der Waals surface area (Å²) in [6, 6.07) is 14.4. The minimum Gasteiger partial charge on any atom is -0.493 e. The van der Waals surface area contributed by atoms with E-state index in [9.17, 15) is 9.59 Å². The predicted molar refractivity (Wildman–Crippen MR) is 118 cm³/mol. The van der Waals surface area contributed by atoms with Gasteiger partial charge in [-0.3, -0.25) is 9.59 Å². The normalized spacial score (nSPS) is 10.5. The van der Waals surface area contributed by atoms with Crippen molar-refractivity contribution in [1.82, 2.24) is 5.32 Å². The molecule has 156 valence electrons.